The first-order valence-electron chi connectivity index (χ1n) is 7.54. The molecule has 1 aliphatic heterocycles. The maximum absolute atomic E-state index is 12.1. The van der Waals surface area contributed by atoms with E-state index in [1.54, 1.807) is 0 Å². The van der Waals surface area contributed by atoms with Crippen LogP contribution in [0, 0.1) is 5.92 Å². The van der Waals surface area contributed by atoms with Crippen molar-refractivity contribution in [2.75, 3.05) is 19.4 Å². The number of likely N-dealkylation sites (tertiary alicyclic amines) is 1. The summed E-state index contributed by atoms with van der Waals surface area (Å²) in [6.45, 7) is 3.27. The number of anilines is 1. The van der Waals surface area contributed by atoms with Gasteiger partial charge in [0.25, 0.3) is 11.3 Å². The van der Waals surface area contributed by atoms with E-state index in [-0.39, 0.29) is 29.3 Å². The Kier molecular flexibility index (Phi) is 4.03. The molecule has 1 aliphatic rings. The largest absolute Gasteiger partial charge is 0.468 e. The van der Waals surface area contributed by atoms with E-state index in [9.17, 15) is 9.59 Å². The topological polar surface area (TPSA) is 119 Å². The van der Waals surface area contributed by atoms with Crippen molar-refractivity contribution in [1.82, 2.24) is 24.5 Å². The SMILES string of the molecule is COC(=O)C1CC(C)CCN1Cc1cc(=O)n2[nH]c(N)nc2n1. The first-order chi connectivity index (χ1) is 11.0. The van der Waals surface area contributed by atoms with Gasteiger partial charge in [0, 0.05) is 12.6 Å². The Labute approximate surface area is 132 Å². The molecular weight excluding hydrogens is 300 g/mol. The molecule has 0 saturated carbocycles. The first kappa shape index (κ1) is 15.5. The Hall–Kier alpha value is -2.42. The zero-order chi connectivity index (χ0) is 16.6. The number of aromatic nitrogens is 4. The van der Waals surface area contributed by atoms with Gasteiger partial charge in [-0.1, -0.05) is 6.92 Å². The van der Waals surface area contributed by atoms with E-state index in [0.717, 1.165) is 19.4 Å². The van der Waals surface area contributed by atoms with Gasteiger partial charge in [0.15, 0.2) is 0 Å². The van der Waals surface area contributed by atoms with Gasteiger partial charge in [-0.05, 0) is 25.3 Å². The molecule has 0 bridgehead atoms. The molecule has 0 radical (unpaired) electrons. The maximum Gasteiger partial charge on any atom is 0.323 e. The molecule has 2 atom stereocenters. The fourth-order valence-corrected chi connectivity index (χ4v) is 2.99. The molecule has 23 heavy (non-hydrogen) atoms. The second-order valence-corrected chi connectivity index (χ2v) is 5.97. The summed E-state index contributed by atoms with van der Waals surface area (Å²) in [7, 11) is 1.39. The van der Waals surface area contributed by atoms with Gasteiger partial charge in [-0.3, -0.25) is 19.6 Å². The number of fused-ring (bicyclic) bond motifs is 1. The number of piperidine rings is 1. The van der Waals surface area contributed by atoms with Crippen molar-refractivity contribution in [3.8, 4) is 0 Å². The number of esters is 1. The molecule has 124 valence electrons. The van der Waals surface area contributed by atoms with Crippen LogP contribution in [0.15, 0.2) is 10.9 Å². The third kappa shape index (κ3) is 3.04. The van der Waals surface area contributed by atoms with Gasteiger partial charge in [0.2, 0.25) is 5.95 Å². The van der Waals surface area contributed by atoms with Gasteiger partial charge < -0.3 is 10.5 Å². The fraction of sp³-hybridized carbons (Fsp3) is 0.571. The molecule has 9 nitrogen and oxygen atoms in total. The lowest BCUT2D eigenvalue weighted by atomic mass is 9.92. The number of methoxy groups -OCH3 is 1. The molecule has 2 unspecified atom stereocenters. The highest BCUT2D eigenvalue weighted by Crippen LogP contribution is 2.24. The molecule has 9 heteroatoms. The number of rotatable bonds is 3. The third-order valence-corrected chi connectivity index (χ3v) is 4.21. The molecule has 2 aromatic rings. The number of ether oxygens (including phenoxy) is 1. The van der Waals surface area contributed by atoms with Crippen LogP contribution < -0.4 is 11.3 Å². The second kappa shape index (κ2) is 5.99. The molecule has 2 aromatic heterocycles. The number of hydrogen-bond acceptors (Lipinski definition) is 7. The first-order valence-corrected chi connectivity index (χ1v) is 7.54. The molecule has 0 aliphatic carbocycles. The summed E-state index contributed by atoms with van der Waals surface area (Å²) in [5.41, 5.74) is 5.83. The minimum Gasteiger partial charge on any atom is -0.468 e. The summed E-state index contributed by atoms with van der Waals surface area (Å²) in [4.78, 5) is 34.4. The highest BCUT2D eigenvalue weighted by molar-refractivity contribution is 5.75. The summed E-state index contributed by atoms with van der Waals surface area (Å²) >= 11 is 0. The van der Waals surface area contributed by atoms with Gasteiger partial charge in [-0.2, -0.15) is 9.50 Å². The third-order valence-electron chi connectivity index (χ3n) is 4.21. The fourth-order valence-electron chi connectivity index (χ4n) is 2.99. The minimum absolute atomic E-state index is 0.131. The number of carbonyl (C=O) groups is 1. The number of carbonyl (C=O) groups excluding carboxylic acids is 1. The molecule has 0 spiro atoms. The molecule has 3 rings (SSSR count). The van der Waals surface area contributed by atoms with E-state index in [0.29, 0.717) is 18.2 Å². The van der Waals surface area contributed by atoms with Crippen molar-refractivity contribution < 1.29 is 9.53 Å². The zero-order valence-electron chi connectivity index (χ0n) is 13.2. The molecular formula is C14H20N6O3. The summed E-state index contributed by atoms with van der Waals surface area (Å²) in [5.74, 6) is 0.567. The van der Waals surface area contributed by atoms with Crippen LogP contribution >= 0.6 is 0 Å². The van der Waals surface area contributed by atoms with Crippen molar-refractivity contribution in [1.29, 1.82) is 0 Å². The number of aromatic amines is 1. The molecule has 1 fully saturated rings. The van der Waals surface area contributed by atoms with Gasteiger partial charge in [0.05, 0.1) is 12.8 Å². The Morgan fingerprint density at radius 2 is 2.30 bits per heavy atom. The van der Waals surface area contributed by atoms with Crippen LogP contribution in [0.2, 0.25) is 0 Å². The normalized spacial score (nSPS) is 22.3. The summed E-state index contributed by atoms with van der Waals surface area (Å²) in [5, 5.41) is 2.62. The lowest BCUT2D eigenvalue weighted by Crippen LogP contribution is -2.47. The van der Waals surface area contributed by atoms with Crippen LogP contribution in [0.3, 0.4) is 0 Å². The smallest absolute Gasteiger partial charge is 0.323 e. The number of nitrogens with zero attached hydrogens (tertiary/aromatic N) is 4. The quantitative estimate of drug-likeness (QED) is 0.750. The van der Waals surface area contributed by atoms with Crippen molar-refractivity contribution in [3.05, 3.63) is 22.1 Å². The van der Waals surface area contributed by atoms with Gasteiger partial charge in [0.1, 0.15) is 6.04 Å². The zero-order valence-corrected chi connectivity index (χ0v) is 13.2. The van der Waals surface area contributed by atoms with E-state index in [1.165, 1.54) is 17.7 Å². The van der Waals surface area contributed by atoms with E-state index in [1.807, 2.05) is 4.90 Å². The van der Waals surface area contributed by atoms with E-state index >= 15 is 0 Å². The molecule has 1 saturated heterocycles. The lowest BCUT2D eigenvalue weighted by Gasteiger charge is -2.36. The average molecular weight is 320 g/mol. The van der Waals surface area contributed by atoms with Gasteiger partial charge in [-0.15, -0.1) is 0 Å². The molecule has 3 N–H and O–H groups in total. The van der Waals surface area contributed by atoms with Crippen LogP contribution in [0.4, 0.5) is 5.95 Å². The predicted molar refractivity (Wildman–Crippen MR) is 82.6 cm³/mol. The minimum atomic E-state index is -0.312. The van der Waals surface area contributed by atoms with Crippen molar-refractivity contribution in [3.63, 3.8) is 0 Å². The number of nitrogen functional groups attached to an aromatic ring is 1. The van der Waals surface area contributed by atoms with E-state index in [4.69, 9.17) is 10.5 Å². The standard InChI is InChI=1S/C14H20N6O3/c1-8-3-4-19(10(5-8)12(22)23-2)7-9-6-11(21)20-14(16-9)17-13(15)18-20/h6,8,10H,3-5,7H2,1-2H3,(H3,15,16,17,18). The number of hydrogen-bond donors (Lipinski definition) is 2. The lowest BCUT2D eigenvalue weighted by molar-refractivity contribution is -0.149. The van der Waals surface area contributed by atoms with Crippen LogP contribution in [0.5, 0.6) is 0 Å². The van der Waals surface area contributed by atoms with Crippen LogP contribution in [-0.4, -0.2) is 50.1 Å². The Balaban J connectivity index is 1.87. The van der Waals surface area contributed by atoms with Crippen LogP contribution in [-0.2, 0) is 16.1 Å². The van der Waals surface area contributed by atoms with E-state index < -0.39 is 0 Å². The Bertz CT molecular complexity index is 782. The van der Waals surface area contributed by atoms with Crippen LogP contribution in [0.1, 0.15) is 25.5 Å². The van der Waals surface area contributed by atoms with Gasteiger partial charge in [-0.25, -0.2) is 4.98 Å². The average Bonchev–Trinajstić information content (AvgIpc) is 2.89. The predicted octanol–water partition coefficient (Wildman–Crippen LogP) is -0.227. The summed E-state index contributed by atoms with van der Waals surface area (Å²) < 4.78 is 6.09. The highest BCUT2D eigenvalue weighted by atomic mass is 16.5. The molecule has 3 heterocycles. The van der Waals surface area contributed by atoms with Crippen molar-refractivity contribution in [2.24, 2.45) is 5.92 Å². The van der Waals surface area contributed by atoms with Crippen LogP contribution in [0.25, 0.3) is 5.78 Å². The number of nitrogens with two attached hydrogens (primary N) is 1. The van der Waals surface area contributed by atoms with Crippen molar-refractivity contribution >= 4 is 17.7 Å². The molecule has 0 amide bonds. The van der Waals surface area contributed by atoms with E-state index in [2.05, 4.69) is 22.0 Å². The highest BCUT2D eigenvalue weighted by Gasteiger charge is 2.32. The Morgan fingerprint density at radius 3 is 3.04 bits per heavy atom. The monoisotopic (exact) mass is 320 g/mol. The Morgan fingerprint density at radius 1 is 1.52 bits per heavy atom. The molecule has 0 aromatic carbocycles. The summed E-state index contributed by atoms with van der Waals surface area (Å²) in [6.07, 6.45) is 1.73. The van der Waals surface area contributed by atoms with Crippen molar-refractivity contribution in [2.45, 2.75) is 32.4 Å². The summed E-state index contributed by atoms with van der Waals surface area (Å²) in [6, 6.07) is 1.12. The number of nitrogens with one attached hydrogen (secondary N) is 1. The second-order valence-electron chi connectivity index (χ2n) is 5.97. The van der Waals surface area contributed by atoms with Gasteiger partial charge >= 0.3 is 5.97 Å². The maximum atomic E-state index is 12.1. The number of H-pyrrole nitrogens is 1.